The van der Waals surface area contributed by atoms with Crippen molar-refractivity contribution in [3.63, 3.8) is 0 Å². The summed E-state index contributed by atoms with van der Waals surface area (Å²) < 4.78 is 9.82. The normalized spacial score (nSPS) is 14.0. The van der Waals surface area contributed by atoms with E-state index in [4.69, 9.17) is 9.47 Å². The SMILES string of the molecule is CCOC(=O)CC(C)C(CC)C(=O)OCC. The average Bonchev–Trinajstić information content (AvgIpc) is 2.19. The van der Waals surface area contributed by atoms with Gasteiger partial charge in [0.1, 0.15) is 0 Å². The Morgan fingerprint density at radius 1 is 1.06 bits per heavy atom. The highest BCUT2D eigenvalue weighted by Gasteiger charge is 2.26. The van der Waals surface area contributed by atoms with Crippen molar-refractivity contribution in [3.8, 4) is 0 Å². The van der Waals surface area contributed by atoms with Gasteiger partial charge in [0.05, 0.1) is 19.1 Å². The smallest absolute Gasteiger partial charge is 0.309 e. The minimum atomic E-state index is -0.252. The van der Waals surface area contributed by atoms with E-state index < -0.39 is 0 Å². The van der Waals surface area contributed by atoms with Crippen LogP contribution in [0.15, 0.2) is 0 Å². The minimum absolute atomic E-state index is 0.0388. The molecule has 0 aromatic carbocycles. The fourth-order valence-corrected chi connectivity index (χ4v) is 1.68. The van der Waals surface area contributed by atoms with Crippen LogP contribution in [0.5, 0.6) is 0 Å². The van der Waals surface area contributed by atoms with Gasteiger partial charge in [-0.2, -0.15) is 0 Å². The minimum Gasteiger partial charge on any atom is -0.466 e. The number of rotatable bonds is 7. The molecule has 0 aromatic heterocycles. The molecule has 0 heterocycles. The molecule has 0 rings (SSSR count). The summed E-state index contributed by atoms with van der Waals surface area (Å²) in [5, 5.41) is 0. The Morgan fingerprint density at radius 3 is 2.06 bits per heavy atom. The summed E-state index contributed by atoms with van der Waals surface area (Å²) in [5.41, 5.74) is 0. The van der Waals surface area contributed by atoms with Crippen LogP contribution in [-0.2, 0) is 19.1 Å². The van der Waals surface area contributed by atoms with Crippen molar-refractivity contribution in [2.45, 2.75) is 40.5 Å². The first-order valence-corrected chi connectivity index (χ1v) is 5.88. The van der Waals surface area contributed by atoms with E-state index in [1.165, 1.54) is 0 Å². The lowest BCUT2D eigenvalue weighted by Gasteiger charge is -2.19. The molecule has 4 nitrogen and oxygen atoms in total. The largest absolute Gasteiger partial charge is 0.466 e. The Kier molecular flexibility index (Phi) is 7.60. The highest BCUT2D eigenvalue weighted by Crippen LogP contribution is 2.21. The zero-order chi connectivity index (χ0) is 12.6. The van der Waals surface area contributed by atoms with Gasteiger partial charge in [0.15, 0.2) is 0 Å². The molecule has 16 heavy (non-hydrogen) atoms. The molecule has 0 aromatic rings. The molecule has 2 atom stereocenters. The number of hydrogen-bond donors (Lipinski definition) is 0. The predicted octanol–water partition coefficient (Wildman–Crippen LogP) is 2.17. The molecule has 0 spiro atoms. The van der Waals surface area contributed by atoms with Gasteiger partial charge in [-0.3, -0.25) is 9.59 Å². The molecule has 0 bridgehead atoms. The Bertz CT molecular complexity index is 225. The van der Waals surface area contributed by atoms with E-state index in [0.717, 1.165) is 0 Å². The van der Waals surface area contributed by atoms with E-state index in [0.29, 0.717) is 19.6 Å². The summed E-state index contributed by atoms with van der Waals surface area (Å²) in [7, 11) is 0. The highest BCUT2D eigenvalue weighted by atomic mass is 16.5. The van der Waals surface area contributed by atoms with Crippen molar-refractivity contribution < 1.29 is 19.1 Å². The molecule has 0 saturated heterocycles. The van der Waals surface area contributed by atoms with E-state index in [2.05, 4.69) is 0 Å². The molecular formula is C12H22O4. The number of esters is 2. The molecule has 2 unspecified atom stereocenters. The lowest BCUT2D eigenvalue weighted by Crippen LogP contribution is -2.26. The van der Waals surface area contributed by atoms with E-state index in [-0.39, 0.29) is 30.2 Å². The van der Waals surface area contributed by atoms with E-state index in [1.54, 1.807) is 13.8 Å². The second kappa shape index (κ2) is 8.13. The molecule has 4 heteroatoms. The summed E-state index contributed by atoms with van der Waals surface area (Å²) in [6.45, 7) is 8.10. The third-order valence-corrected chi connectivity index (χ3v) is 2.51. The monoisotopic (exact) mass is 230 g/mol. The fraction of sp³-hybridized carbons (Fsp3) is 0.833. The second-order valence-electron chi connectivity index (χ2n) is 3.75. The van der Waals surface area contributed by atoms with Crippen LogP contribution in [0.4, 0.5) is 0 Å². The highest BCUT2D eigenvalue weighted by molar-refractivity contribution is 5.75. The van der Waals surface area contributed by atoms with Crippen LogP contribution in [0.3, 0.4) is 0 Å². The van der Waals surface area contributed by atoms with Gasteiger partial charge in [0, 0.05) is 6.42 Å². The van der Waals surface area contributed by atoms with Gasteiger partial charge in [-0.1, -0.05) is 13.8 Å². The summed E-state index contributed by atoms with van der Waals surface area (Å²) in [6, 6.07) is 0. The lowest BCUT2D eigenvalue weighted by molar-refractivity contribution is -0.151. The number of hydrogen-bond acceptors (Lipinski definition) is 4. The van der Waals surface area contributed by atoms with Crippen LogP contribution in [0.2, 0.25) is 0 Å². The van der Waals surface area contributed by atoms with Crippen LogP contribution in [0, 0.1) is 11.8 Å². The quantitative estimate of drug-likeness (QED) is 0.629. The molecule has 0 fully saturated rings. The zero-order valence-electron chi connectivity index (χ0n) is 10.6. The van der Waals surface area contributed by atoms with Crippen LogP contribution >= 0.6 is 0 Å². The first kappa shape index (κ1) is 14.9. The Labute approximate surface area is 97.3 Å². The van der Waals surface area contributed by atoms with Gasteiger partial charge in [-0.05, 0) is 26.2 Å². The lowest BCUT2D eigenvalue weighted by atomic mass is 9.89. The van der Waals surface area contributed by atoms with Crippen molar-refractivity contribution in [1.82, 2.24) is 0 Å². The van der Waals surface area contributed by atoms with Crippen molar-refractivity contribution in [2.75, 3.05) is 13.2 Å². The molecule has 0 aliphatic rings. The first-order valence-electron chi connectivity index (χ1n) is 5.88. The zero-order valence-corrected chi connectivity index (χ0v) is 10.6. The summed E-state index contributed by atoms with van der Waals surface area (Å²) >= 11 is 0. The third kappa shape index (κ3) is 5.14. The maximum Gasteiger partial charge on any atom is 0.309 e. The summed E-state index contributed by atoms with van der Waals surface area (Å²) in [4.78, 5) is 22.9. The van der Waals surface area contributed by atoms with Crippen LogP contribution in [0.1, 0.15) is 40.5 Å². The molecule has 0 aliphatic heterocycles. The standard InChI is InChI=1S/C12H22O4/c1-5-10(12(14)16-7-3)9(4)8-11(13)15-6-2/h9-10H,5-8H2,1-4H3. The second-order valence-corrected chi connectivity index (χ2v) is 3.75. The van der Waals surface area contributed by atoms with Gasteiger partial charge < -0.3 is 9.47 Å². The van der Waals surface area contributed by atoms with E-state index >= 15 is 0 Å². The maximum atomic E-state index is 11.6. The molecule has 0 saturated carbocycles. The third-order valence-electron chi connectivity index (χ3n) is 2.51. The average molecular weight is 230 g/mol. The summed E-state index contributed by atoms with van der Waals surface area (Å²) in [6.07, 6.45) is 0.949. The first-order chi connectivity index (χ1) is 7.56. The molecule has 0 N–H and O–H groups in total. The fourth-order valence-electron chi connectivity index (χ4n) is 1.68. The molecule has 0 aliphatic carbocycles. The van der Waals surface area contributed by atoms with E-state index in [1.807, 2.05) is 13.8 Å². The Hall–Kier alpha value is -1.06. The maximum absolute atomic E-state index is 11.6. The van der Waals surface area contributed by atoms with Crippen LogP contribution in [0.25, 0.3) is 0 Å². The van der Waals surface area contributed by atoms with Crippen LogP contribution in [-0.4, -0.2) is 25.2 Å². The summed E-state index contributed by atoms with van der Waals surface area (Å²) in [5.74, 6) is -0.730. The molecular weight excluding hydrogens is 208 g/mol. The van der Waals surface area contributed by atoms with E-state index in [9.17, 15) is 9.59 Å². The molecule has 94 valence electrons. The topological polar surface area (TPSA) is 52.6 Å². The van der Waals surface area contributed by atoms with Gasteiger partial charge in [0.2, 0.25) is 0 Å². The molecule has 0 amide bonds. The van der Waals surface area contributed by atoms with Gasteiger partial charge in [0.25, 0.3) is 0 Å². The van der Waals surface area contributed by atoms with Crippen molar-refractivity contribution in [2.24, 2.45) is 11.8 Å². The van der Waals surface area contributed by atoms with Gasteiger partial charge >= 0.3 is 11.9 Å². The number of carbonyl (C=O) groups is 2. The molecule has 0 radical (unpaired) electrons. The van der Waals surface area contributed by atoms with Crippen LogP contribution < -0.4 is 0 Å². The predicted molar refractivity (Wildman–Crippen MR) is 60.8 cm³/mol. The Morgan fingerprint density at radius 2 is 1.62 bits per heavy atom. The van der Waals surface area contributed by atoms with Gasteiger partial charge in [-0.15, -0.1) is 0 Å². The van der Waals surface area contributed by atoms with Crippen molar-refractivity contribution in [1.29, 1.82) is 0 Å². The van der Waals surface area contributed by atoms with Crippen molar-refractivity contribution in [3.05, 3.63) is 0 Å². The van der Waals surface area contributed by atoms with Gasteiger partial charge in [-0.25, -0.2) is 0 Å². The number of carbonyl (C=O) groups excluding carboxylic acids is 2. The Balaban J connectivity index is 4.24. The number of ether oxygens (including phenoxy) is 2. The van der Waals surface area contributed by atoms with Crippen molar-refractivity contribution >= 4 is 11.9 Å².